The van der Waals surface area contributed by atoms with Gasteiger partial charge in [-0.15, -0.1) is 11.3 Å². The van der Waals surface area contributed by atoms with E-state index in [1.807, 2.05) is 6.07 Å². The van der Waals surface area contributed by atoms with Gasteiger partial charge in [-0.3, -0.25) is 4.79 Å². The maximum absolute atomic E-state index is 11.6. The van der Waals surface area contributed by atoms with E-state index < -0.39 is 0 Å². The summed E-state index contributed by atoms with van der Waals surface area (Å²) in [4.78, 5) is 12.9. The fourth-order valence-electron chi connectivity index (χ4n) is 1.99. The van der Waals surface area contributed by atoms with Crippen molar-refractivity contribution in [2.45, 2.75) is 25.7 Å². The molecular formula is C13H19NO2S. The summed E-state index contributed by atoms with van der Waals surface area (Å²) in [5.41, 5.74) is 0. The van der Waals surface area contributed by atoms with E-state index in [1.54, 1.807) is 11.3 Å². The lowest BCUT2D eigenvalue weighted by Crippen LogP contribution is -2.32. The minimum absolute atomic E-state index is 0.171. The summed E-state index contributed by atoms with van der Waals surface area (Å²) in [6.07, 6.45) is 3.61. The molecule has 1 amide bonds. The summed E-state index contributed by atoms with van der Waals surface area (Å²) < 4.78 is 5.29. The van der Waals surface area contributed by atoms with Gasteiger partial charge < -0.3 is 10.1 Å². The molecule has 1 N–H and O–H groups in total. The number of aryl methyl sites for hydroxylation is 1. The van der Waals surface area contributed by atoms with Crippen molar-refractivity contribution in [3.05, 3.63) is 22.4 Å². The molecule has 0 spiro atoms. The quantitative estimate of drug-likeness (QED) is 0.874. The van der Waals surface area contributed by atoms with Crippen molar-refractivity contribution in [3.63, 3.8) is 0 Å². The van der Waals surface area contributed by atoms with E-state index in [4.69, 9.17) is 4.74 Å². The number of carbonyl (C=O) groups excluding carboxylic acids is 1. The molecule has 0 radical (unpaired) electrons. The number of hydrogen-bond donors (Lipinski definition) is 1. The summed E-state index contributed by atoms with van der Waals surface area (Å²) in [5, 5.41) is 5.08. The number of thiophene rings is 1. The van der Waals surface area contributed by atoms with Crippen LogP contribution in [0, 0.1) is 5.92 Å². The van der Waals surface area contributed by atoms with Gasteiger partial charge >= 0.3 is 0 Å². The Bertz CT molecular complexity index is 331. The molecule has 1 aliphatic heterocycles. The summed E-state index contributed by atoms with van der Waals surface area (Å²) >= 11 is 1.71. The molecule has 0 aromatic carbocycles. The first-order chi connectivity index (χ1) is 8.34. The van der Waals surface area contributed by atoms with Crippen LogP contribution in [0.3, 0.4) is 0 Å². The third-order valence-corrected chi connectivity index (χ3v) is 4.04. The average Bonchev–Trinajstić information content (AvgIpc) is 2.88. The first-order valence-electron chi connectivity index (χ1n) is 6.21. The van der Waals surface area contributed by atoms with Gasteiger partial charge in [0.15, 0.2) is 0 Å². The van der Waals surface area contributed by atoms with Crippen molar-refractivity contribution < 1.29 is 9.53 Å². The molecule has 4 heteroatoms. The van der Waals surface area contributed by atoms with Crippen LogP contribution in [0.25, 0.3) is 0 Å². The van der Waals surface area contributed by atoms with Crippen molar-refractivity contribution in [3.8, 4) is 0 Å². The molecule has 1 aromatic heterocycles. The Labute approximate surface area is 106 Å². The Balaban J connectivity index is 1.60. The van der Waals surface area contributed by atoms with Crippen LogP contribution in [0.15, 0.2) is 17.5 Å². The highest BCUT2D eigenvalue weighted by atomic mass is 32.1. The molecule has 2 heterocycles. The van der Waals surface area contributed by atoms with Crippen molar-refractivity contribution >= 4 is 17.2 Å². The molecule has 0 aliphatic carbocycles. The highest BCUT2D eigenvalue weighted by molar-refractivity contribution is 7.09. The second kappa shape index (κ2) is 6.77. The molecular weight excluding hydrogens is 234 g/mol. The monoisotopic (exact) mass is 253 g/mol. The van der Waals surface area contributed by atoms with Crippen LogP contribution in [-0.2, 0) is 16.0 Å². The maximum Gasteiger partial charge on any atom is 0.220 e. The Hall–Kier alpha value is -0.870. The lowest BCUT2D eigenvalue weighted by molar-refractivity contribution is -0.121. The van der Waals surface area contributed by atoms with Gasteiger partial charge in [0.05, 0.1) is 0 Å². The summed E-state index contributed by atoms with van der Waals surface area (Å²) in [5.74, 6) is 0.777. The predicted octanol–water partition coefficient (Wildman–Crippen LogP) is 2.22. The Morgan fingerprint density at radius 2 is 2.29 bits per heavy atom. The van der Waals surface area contributed by atoms with Gasteiger partial charge in [0.1, 0.15) is 0 Å². The van der Waals surface area contributed by atoms with Crippen LogP contribution < -0.4 is 5.32 Å². The number of ether oxygens (including phenoxy) is 1. The predicted molar refractivity (Wildman–Crippen MR) is 69.2 cm³/mol. The minimum atomic E-state index is 0.171. The van der Waals surface area contributed by atoms with E-state index >= 15 is 0 Å². The topological polar surface area (TPSA) is 38.3 Å². The molecule has 1 fully saturated rings. The molecule has 3 nitrogen and oxygen atoms in total. The highest BCUT2D eigenvalue weighted by Gasteiger charge is 2.14. The third-order valence-electron chi connectivity index (χ3n) is 3.11. The molecule has 94 valence electrons. The molecule has 1 aromatic rings. The van der Waals surface area contributed by atoms with Crippen molar-refractivity contribution in [1.29, 1.82) is 0 Å². The van der Waals surface area contributed by atoms with Crippen LogP contribution >= 0.6 is 11.3 Å². The fourth-order valence-corrected chi connectivity index (χ4v) is 2.70. The number of hydrogen-bond acceptors (Lipinski definition) is 3. The van der Waals surface area contributed by atoms with Gasteiger partial charge in [-0.1, -0.05) is 6.07 Å². The Morgan fingerprint density at radius 3 is 3.00 bits per heavy atom. The molecule has 0 bridgehead atoms. The summed E-state index contributed by atoms with van der Waals surface area (Å²) in [7, 11) is 0. The normalized spacial score (nSPS) is 16.9. The smallest absolute Gasteiger partial charge is 0.220 e. The highest BCUT2D eigenvalue weighted by Crippen LogP contribution is 2.14. The van der Waals surface area contributed by atoms with Gasteiger partial charge in [-0.05, 0) is 36.6 Å². The van der Waals surface area contributed by atoms with E-state index in [0.29, 0.717) is 12.3 Å². The largest absolute Gasteiger partial charge is 0.381 e. The van der Waals surface area contributed by atoms with Crippen molar-refractivity contribution in [1.82, 2.24) is 5.32 Å². The molecule has 1 aliphatic rings. The van der Waals surface area contributed by atoms with Crippen LogP contribution in [0.2, 0.25) is 0 Å². The zero-order valence-corrected chi connectivity index (χ0v) is 10.8. The van der Waals surface area contributed by atoms with Crippen LogP contribution in [0.5, 0.6) is 0 Å². The molecule has 0 atom stereocenters. The lowest BCUT2D eigenvalue weighted by Gasteiger charge is -2.22. The SMILES string of the molecule is O=C(CCc1cccs1)NCC1CCOCC1. The first kappa shape index (κ1) is 12.6. The van der Waals surface area contributed by atoms with Gasteiger partial charge in [0, 0.05) is 31.1 Å². The average molecular weight is 253 g/mol. The standard InChI is InChI=1S/C13H19NO2S/c15-13(4-3-12-2-1-9-17-12)14-10-11-5-7-16-8-6-11/h1-2,9,11H,3-8,10H2,(H,14,15). The summed E-state index contributed by atoms with van der Waals surface area (Å²) in [6, 6.07) is 4.11. The second-order valence-electron chi connectivity index (χ2n) is 4.44. The van der Waals surface area contributed by atoms with Crippen molar-refractivity contribution in [2.75, 3.05) is 19.8 Å². The molecule has 2 rings (SSSR count). The van der Waals surface area contributed by atoms with E-state index in [9.17, 15) is 4.79 Å². The van der Waals surface area contributed by atoms with Gasteiger partial charge in [-0.2, -0.15) is 0 Å². The first-order valence-corrected chi connectivity index (χ1v) is 7.09. The van der Waals surface area contributed by atoms with E-state index in [2.05, 4.69) is 16.8 Å². The van der Waals surface area contributed by atoms with Gasteiger partial charge in [0.2, 0.25) is 5.91 Å². The minimum Gasteiger partial charge on any atom is -0.381 e. The van der Waals surface area contributed by atoms with Crippen molar-refractivity contribution in [2.24, 2.45) is 5.92 Å². The van der Waals surface area contributed by atoms with E-state index in [-0.39, 0.29) is 5.91 Å². The zero-order chi connectivity index (χ0) is 11.9. The zero-order valence-electron chi connectivity index (χ0n) is 9.98. The second-order valence-corrected chi connectivity index (χ2v) is 5.47. The van der Waals surface area contributed by atoms with E-state index in [1.165, 1.54) is 4.88 Å². The van der Waals surface area contributed by atoms with Crippen LogP contribution in [-0.4, -0.2) is 25.7 Å². The molecule has 17 heavy (non-hydrogen) atoms. The number of carbonyl (C=O) groups is 1. The maximum atomic E-state index is 11.6. The molecule has 1 saturated heterocycles. The number of amides is 1. The van der Waals surface area contributed by atoms with Gasteiger partial charge in [-0.25, -0.2) is 0 Å². The third kappa shape index (κ3) is 4.48. The van der Waals surface area contributed by atoms with Gasteiger partial charge in [0.25, 0.3) is 0 Å². The Morgan fingerprint density at radius 1 is 1.47 bits per heavy atom. The van der Waals surface area contributed by atoms with Crippen LogP contribution in [0.1, 0.15) is 24.1 Å². The molecule has 0 unspecified atom stereocenters. The molecule has 0 saturated carbocycles. The lowest BCUT2D eigenvalue weighted by atomic mass is 10.0. The van der Waals surface area contributed by atoms with E-state index in [0.717, 1.165) is 39.0 Å². The number of rotatable bonds is 5. The summed E-state index contributed by atoms with van der Waals surface area (Å²) in [6.45, 7) is 2.50. The number of nitrogens with one attached hydrogen (secondary N) is 1. The fraction of sp³-hybridized carbons (Fsp3) is 0.615. The Kier molecular flexibility index (Phi) is 5.01. The van der Waals surface area contributed by atoms with Crippen LogP contribution in [0.4, 0.5) is 0 Å².